The van der Waals surface area contributed by atoms with E-state index in [1.807, 2.05) is 61.2 Å². The van der Waals surface area contributed by atoms with E-state index in [1.165, 1.54) is 0 Å². The molecule has 28 heavy (non-hydrogen) atoms. The van der Waals surface area contributed by atoms with Crippen molar-refractivity contribution < 1.29 is 19.4 Å². The Morgan fingerprint density at radius 2 is 2.07 bits per heavy atom. The Morgan fingerprint density at radius 1 is 1.25 bits per heavy atom. The molecule has 150 valence electrons. The molecule has 0 spiro atoms. The van der Waals surface area contributed by atoms with Crippen LogP contribution in [-0.2, 0) is 11.3 Å². The number of carbonyl (C=O) groups is 1. The molecule has 5 heteroatoms. The summed E-state index contributed by atoms with van der Waals surface area (Å²) in [7, 11) is 0. The lowest BCUT2D eigenvalue weighted by Crippen LogP contribution is -2.35. The van der Waals surface area contributed by atoms with Crippen molar-refractivity contribution in [1.82, 2.24) is 4.90 Å². The lowest BCUT2D eigenvalue weighted by molar-refractivity contribution is 0.0563. The van der Waals surface area contributed by atoms with Gasteiger partial charge in [0.1, 0.15) is 5.75 Å². The van der Waals surface area contributed by atoms with E-state index >= 15 is 0 Å². The van der Waals surface area contributed by atoms with Crippen LogP contribution in [0.25, 0.3) is 11.1 Å². The minimum absolute atomic E-state index is 0.0319. The second-order valence-corrected chi connectivity index (χ2v) is 7.20. The van der Waals surface area contributed by atoms with Gasteiger partial charge in [-0.1, -0.05) is 25.1 Å². The van der Waals surface area contributed by atoms with Crippen molar-refractivity contribution in [3.05, 3.63) is 53.6 Å². The molecule has 0 saturated carbocycles. The van der Waals surface area contributed by atoms with E-state index in [9.17, 15) is 9.90 Å². The van der Waals surface area contributed by atoms with Gasteiger partial charge in [0.25, 0.3) is 5.91 Å². The molecule has 1 heterocycles. The molecule has 1 aliphatic rings. The van der Waals surface area contributed by atoms with E-state index in [4.69, 9.17) is 9.47 Å². The SMILES string of the molecule is CCCOc1ccc(-c2cccc(C(=O)N3CCCOC(C)C3)c2)cc1CO. The molecular formula is C23H29NO4. The van der Waals surface area contributed by atoms with Gasteiger partial charge < -0.3 is 19.5 Å². The van der Waals surface area contributed by atoms with Crippen LogP contribution in [0, 0.1) is 0 Å². The van der Waals surface area contributed by atoms with Gasteiger partial charge in [-0.05, 0) is 55.2 Å². The first-order valence-corrected chi connectivity index (χ1v) is 10.00. The third kappa shape index (κ3) is 4.91. The second kappa shape index (κ2) is 9.71. The monoisotopic (exact) mass is 383 g/mol. The molecule has 2 aromatic rings. The summed E-state index contributed by atoms with van der Waals surface area (Å²) in [6, 6.07) is 13.4. The van der Waals surface area contributed by atoms with E-state index in [1.54, 1.807) is 0 Å². The zero-order valence-corrected chi connectivity index (χ0v) is 16.7. The molecule has 1 fully saturated rings. The second-order valence-electron chi connectivity index (χ2n) is 7.20. The molecule has 1 N–H and O–H groups in total. The Labute approximate surface area is 166 Å². The van der Waals surface area contributed by atoms with E-state index in [0.29, 0.717) is 37.6 Å². The van der Waals surface area contributed by atoms with Gasteiger partial charge in [0.05, 0.1) is 19.3 Å². The molecule has 5 nitrogen and oxygen atoms in total. The molecule has 1 aliphatic heterocycles. The highest BCUT2D eigenvalue weighted by molar-refractivity contribution is 5.95. The maximum atomic E-state index is 13.0. The molecule has 1 unspecified atom stereocenters. The summed E-state index contributed by atoms with van der Waals surface area (Å²) in [6.07, 6.45) is 1.82. The van der Waals surface area contributed by atoms with Crippen LogP contribution < -0.4 is 4.74 Å². The van der Waals surface area contributed by atoms with Crippen molar-refractivity contribution in [3.8, 4) is 16.9 Å². The van der Waals surface area contributed by atoms with E-state index in [2.05, 4.69) is 0 Å². The highest BCUT2D eigenvalue weighted by atomic mass is 16.5. The van der Waals surface area contributed by atoms with Crippen LogP contribution in [0.1, 0.15) is 42.6 Å². The minimum Gasteiger partial charge on any atom is -0.493 e. The third-order valence-corrected chi connectivity index (χ3v) is 4.87. The molecule has 1 atom stereocenters. The van der Waals surface area contributed by atoms with Crippen LogP contribution in [-0.4, -0.2) is 48.3 Å². The van der Waals surface area contributed by atoms with Crippen molar-refractivity contribution >= 4 is 5.91 Å². The number of ether oxygens (including phenoxy) is 2. The van der Waals surface area contributed by atoms with Crippen molar-refractivity contribution in [2.75, 3.05) is 26.3 Å². The van der Waals surface area contributed by atoms with Gasteiger partial charge in [0.2, 0.25) is 0 Å². The summed E-state index contributed by atoms with van der Waals surface area (Å²) in [4.78, 5) is 14.9. The molecule has 1 amide bonds. The van der Waals surface area contributed by atoms with Crippen molar-refractivity contribution in [3.63, 3.8) is 0 Å². The number of rotatable bonds is 6. The van der Waals surface area contributed by atoms with Gasteiger partial charge in [-0.3, -0.25) is 4.79 Å². The van der Waals surface area contributed by atoms with E-state index in [0.717, 1.165) is 29.5 Å². The van der Waals surface area contributed by atoms with Gasteiger partial charge in [-0.25, -0.2) is 0 Å². The van der Waals surface area contributed by atoms with Gasteiger partial charge in [0, 0.05) is 30.8 Å². The lowest BCUT2D eigenvalue weighted by Gasteiger charge is -2.22. The largest absolute Gasteiger partial charge is 0.493 e. The molecule has 0 radical (unpaired) electrons. The van der Waals surface area contributed by atoms with Crippen LogP contribution in [0.3, 0.4) is 0 Å². The normalized spacial score (nSPS) is 17.2. The lowest BCUT2D eigenvalue weighted by atomic mass is 10.00. The number of nitrogens with zero attached hydrogens (tertiary/aromatic N) is 1. The van der Waals surface area contributed by atoms with Gasteiger partial charge in [-0.2, -0.15) is 0 Å². The van der Waals surface area contributed by atoms with Crippen molar-refractivity contribution in [1.29, 1.82) is 0 Å². The number of aliphatic hydroxyl groups excluding tert-OH is 1. The fourth-order valence-corrected chi connectivity index (χ4v) is 3.43. The molecule has 0 aliphatic carbocycles. The van der Waals surface area contributed by atoms with Crippen molar-refractivity contribution in [2.45, 2.75) is 39.4 Å². The maximum absolute atomic E-state index is 13.0. The number of hydrogen-bond acceptors (Lipinski definition) is 4. The Morgan fingerprint density at radius 3 is 2.86 bits per heavy atom. The van der Waals surface area contributed by atoms with Crippen molar-refractivity contribution in [2.24, 2.45) is 0 Å². The molecule has 3 rings (SSSR count). The number of hydrogen-bond donors (Lipinski definition) is 1. The van der Waals surface area contributed by atoms with Crippen LogP contribution in [0.2, 0.25) is 0 Å². The quantitative estimate of drug-likeness (QED) is 0.822. The zero-order valence-electron chi connectivity index (χ0n) is 16.7. The molecule has 1 saturated heterocycles. The highest BCUT2D eigenvalue weighted by Gasteiger charge is 2.21. The zero-order chi connectivity index (χ0) is 19.9. The first-order chi connectivity index (χ1) is 13.6. The fourth-order valence-electron chi connectivity index (χ4n) is 3.43. The van der Waals surface area contributed by atoms with Crippen LogP contribution in [0.15, 0.2) is 42.5 Å². The van der Waals surface area contributed by atoms with Crippen LogP contribution >= 0.6 is 0 Å². The smallest absolute Gasteiger partial charge is 0.253 e. The average molecular weight is 383 g/mol. The first kappa shape index (κ1) is 20.4. The number of benzene rings is 2. The van der Waals surface area contributed by atoms with Crippen LogP contribution in [0.5, 0.6) is 5.75 Å². The number of aliphatic hydroxyl groups is 1. The van der Waals surface area contributed by atoms with Gasteiger partial charge >= 0.3 is 0 Å². The van der Waals surface area contributed by atoms with Crippen LogP contribution in [0.4, 0.5) is 0 Å². The summed E-state index contributed by atoms with van der Waals surface area (Å²) in [6.45, 7) is 6.60. The predicted molar refractivity (Wildman–Crippen MR) is 110 cm³/mol. The van der Waals surface area contributed by atoms with E-state index < -0.39 is 0 Å². The predicted octanol–water partition coefficient (Wildman–Crippen LogP) is 3.89. The average Bonchev–Trinajstić information content (AvgIpc) is 2.96. The number of carbonyl (C=O) groups excluding carboxylic acids is 1. The summed E-state index contributed by atoms with van der Waals surface area (Å²) in [5, 5.41) is 9.70. The van der Waals surface area contributed by atoms with Gasteiger partial charge in [-0.15, -0.1) is 0 Å². The Balaban J connectivity index is 1.83. The number of amides is 1. The Hall–Kier alpha value is -2.37. The molecule has 0 bridgehead atoms. The highest BCUT2D eigenvalue weighted by Crippen LogP contribution is 2.28. The standard InChI is InChI=1S/C23H29NO4/c1-3-11-28-22-9-8-19(14-21(22)16-25)18-6-4-7-20(13-18)23(26)24-10-5-12-27-17(2)15-24/h4,6-9,13-14,17,25H,3,5,10-12,15-16H2,1-2H3. The van der Waals surface area contributed by atoms with Gasteiger partial charge in [0.15, 0.2) is 0 Å². The summed E-state index contributed by atoms with van der Waals surface area (Å²) < 4.78 is 11.3. The molecular weight excluding hydrogens is 354 g/mol. The molecule has 2 aromatic carbocycles. The first-order valence-electron chi connectivity index (χ1n) is 10.00. The summed E-state index contributed by atoms with van der Waals surface area (Å²) >= 11 is 0. The molecule has 0 aromatic heterocycles. The fraction of sp³-hybridized carbons (Fsp3) is 0.435. The van der Waals surface area contributed by atoms with E-state index in [-0.39, 0.29) is 18.6 Å². The Kier molecular flexibility index (Phi) is 7.06. The maximum Gasteiger partial charge on any atom is 0.253 e. The topological polar surface area (TPSA) is 59.0 Å². The summed E-state index contributed by atoms with van der Waals surface area (Å²) in [5.41, 5.74) is 3.32. The summed E-state index contributed by atoms with van der Waals surface area (Å²) in [5.74, 6) is 0.739. The third-order valence-electron chi connectivity index (χ3n) is 4.87. The minimum atomic E-state index is -0.0861. The Bertz CT molecular complexity index is 805.